The van der Waals surface area contributed by atoms with Gasteiger partial charge in [-0.3, -0.25) is 0 Å². The number of halogens is 1. The summed E-state index contributed by atoms with van der Waals surface area (Å²) in [6.07, 6.45) is 3.29. The van der Waals surface area contributed by atoms with Gasteiger partial charge in [0.1, 0.15) is 5.82 Å². The highest BCUT2D eigenvalue weighted by molar-refractivity contribution is 6.29. The number of fused-ring (bicyclic) bond motifs is 1. The van der Waals surface area contributed by atoms with Crippen LogP contribution in [0.15, 0.2) is 36.4 Å². The number of allylic oxidation sites excluding steroid dienone is 1. The maximum Gasteiger partial charge on any atom is 0.224 e. The van der Waals surface area contributed by atoms with E-state index in [4.69, 9.17) is 16.9 Å². The van der Waals surface area contributed by atoms with Gasteiger partial charge in [0.15, 0.2) is 0 Å². The SMILES string of the molecule is CNc1nc(Cl)nc2c(-c3c(C)cc(C=CC#N)cc3C)cccc12. The van der Waals surface area contributed by atoms with Gasteiger partial charge in [-0.2, -0.15) is 5.26 Å². The van der Waals surface area contributed by atoms with E-state index in [0.717, 1.165) is 38.7 Å². The van der Waals surface area contributed by atoms with Crippen molar-refractivity contribution in [3.8, 4) is 17.2 Å². The molecular formula is C20H17ClN4. The van der Waals surface area contributed by atoms with Crippen LogP contribution >= 0.6 is 11.6 Å². The maximum absolute atomic E-state index is 8.72. The summed E-state index contributed by atoms with van der Waals surface area (Å²) < 4.78 is 0. The second-order valence-electron chi connectivity index (χ2n) is 5.79. The van der Waals surface area contributed by atoms with Gasteiger partial charge in [-0.05, 0) is 59.8 Å². The normalized spacial score (nSPS) is 11.0. The molecule has 0 saturated heterocycles. The van der Waals surface area contributed by atoms with Gasteiger partial charge < -0.3 is 5.32 Å². The van der Waals surface area contributed by atoms with Crippen molar-refractivity contribution in [1.29, 1.82) is 5.26 Å². The van der Waals surface area contributed by atoms with Crippen molar-refractivity contribution >= 4 is 34.4 Å². The van der Waals surface area contributed by atoms with Crippen molar-refractivity contribution in [2.24, 2.45) is 0 Å². The molecule has 0 radical (unpaired) electrons. The summed E-state index contributed by atoms with van der Waals surface area (Å²) in [5.74, 6) is 0.709. The first-order chi connectivity index (χ1) is 12.0. The number of para-hydroxylation sites is 1. The number of nitriles is 1. The molecule has 0 bridgehead atoms. The molecule has 124 valence electrons. The molecule has 25 heavy (non-hydrogen) atoms. The van der Waals surface area contributed by atoms with Crippen LogP contribution in [0, 0.1) is 25.2 Å². The highest BCUT2D eigenvalue weighted by atomic mass is 35.5. The number of nitrogens with one attached hydrogen (secondary N) is 1. The van der Waals surface area contributed by atoms with Crippen LogP contribution in [0.5, 0.6) is 0 Å². The number of benzene rings is 2. The Labute approximate surface area is 151 Å². The van der Waals surface area contributed by atoms with E-state index in [9.17, 15) is 0 Å². The Kier molecular flexibility index (Phi) is 4.69. The van der Waals surface area contributed by atoms with Crippen LogP contribution in [0.25, 0.3) is 28.1 Å². The number of rotatable bonds is 3. The summed E-state index contributed by atoms with van der Waals surface area (Å²) in [6, 6.07) is 12.2. The van der Waals surface area contributed by atoms with Gasteiger partial charge in [0, 0.05) is 24.1 Å². The number of hydrogen-bond donors (Lipinski definition) is 1. The average molecular weight is 349 g/mol. The van der Waals surface area contributed by atoms with Gasteiger partial charge in [0.2, 0.25) is 5.28 Å². The van der Waals surface area contributed by atoms with Crippen molar-refractivity contribution in [2.75, 3.05) is 12.4 Å². The number of aromatic nitrogens is 2. The van der Waals surface area contributed by atoms with E-state index >= 15 is 0 Å². The van der Waals surface area contributed by atoms with Crippen molar-refractivity contribution < 1.29 is 0 Å². The molecule has 1 N–H and O–H groups in total. The van der Waals surface area contributed by atoms with Crippen molar-refractivity contribution in [3.63, 3.8) is 0 Å². The summed E-state index contributed by atoms with van der Waals surface area (Å²) in [6.45, 7) is 4.12. The fourth-order valence-electron chi connectivity index (χ4n) is 3.17. The van der Waals surface area contributed by atoms with Crippen molar-refractivity contribution in [3.05, 3.63) is 58.4 Å². The molecule has 5 heteroatoms. The third kappa shape index (κ3) is 3.19. The second-order valence-corrected chi connectivity index (χ2v) is 6.12. The highest BCUT2D eigenvalue weighted by Crippen LogP contribution is 2.35. The average Bonchev–Trinajstić information content (AvgIpc) is 2.59. The van der Waals surface area contributed by atoms with Crippen LogP contribution in [-0.2, 0) is 0 Å². The highest BCUT2D eigenvalue weighted by Gasteiger charge is 2.14. The Balaban J connectivity index is 2.29. The third-order valence-corrected chi connectivity index (χ3v) is 4.28. The van der Waals surface area contributed by atoms with E-state index in [1.54, 1.807) is 0 Å². The van der Waals surface area contributed by atoms with Gasteiger partial charge in [0.05, 0.1) is 11.6 Å². The molecule has 3 aromatic rings. The standard InChI is InChI=1S/C20H17ClN4/c1-12-10-14(6-5-9-22)11-13(2)17(12)15-7-4-8-16-18(15)24-20(21)25-19(16)23-3/h4-8,10-11H,1-3H3,(H,23,24,25). The zero-order valence-electron chi connectivity index (χ0n) is 14.3. The second kappa shape index (κ2) is 6.92. The molecular weight excluding hydrogens is 332 g/mol. The van der Waals surface area contributed by atoms with E-state index in [-0.39, 0.29) is 5.28 Å². The van der Waals surface area contributed by atoms with Crippen LogP contribution in [0.1, 0.15) is 16.7 Å². The number of anilines is 1. The fraction of sp³-hybridized carbons (Fsp3) is 0.150. The lowest BCUT2D eigenvalue weighted by molar-refractivity contribution is 1.21. The Bertz CT molecular complexity index is 1010. The van der Waals surface area contributed by atoms with Crippen LogP contribution in [-0.4, -0.2) is 17.0 Å². The zero-order chi connectivity index (χ0) is 18.0. The molecule has 3 rings (SSSR count). The van der Waals surface area contributed by atoms with E-state index in [1.165, 1.54) is 6.08 Å². The predicted octanol–water partition coefficient (Wildman–Crippen LogP) is 5.15. The van der Waals surface area contributed by atoms with E-state index < -0.39 is 0 Å². The molecule has 0 aliphatic rings. The first kappa shape index (κ1) is 16.9. The number of hydrogen-bond acceptors (Lipinski definition) is 4. The monoisotopic (exact) mass is 348 g/mol. The molecule has 1 aromatic heterocycles. The quantitative estimate of drug-likeness (QED) is 0.525. The molecule has 0 saturated carbocycles. The minimum absolute atomic E-state index is 0.216. The smallest absolute Gasteiger partial charge is 0.224 e. The Hall–Kier alpha value is -2.90. The Morgan fingerprint density at radius 2 is 1.88 bits per heavy atom. The van der Waals surface area contributed by atoms with Crippen molar-refractivity contribution in [2.45, 2.75) is 13.8 Å². The van der Waals surface area contributed by atoms with Gasteiger partial charge in [-0.15, -0.1) is 0 Å². The summed E-state index contributed by atoms with van der Waals surface area (Å²) in [4.78, 5) is 8.72. The van der Waals surface area contributed by atoms with Crippen LogP contribution in [0.3, 0.4) is 0 Å². The Morgan fingerprint density at radius 3 is 2.52 bits per heavy atom. The molecule has 0 aliphatic heterocycles. The van der Waals surface area contributed by atoms with E-state index in [1.807, 2.05) is 37.4 Å². The topological polar surface area (TPSA) is 61.6 Å². The van der Waals surface area contributed by atoms with Crippen LogP contribution < -0.4 is 5.32 Å². The lowest BCUT2D eigenvalue weighted by atomic mass is 9.92. The molecule has 0 aliphatic carbocycles. The summed E-state index contributed by atoms with van der Waals surface area (Å²) >= 11 is 6.12. The maximum atomic E-state index is 8.72. The summed E-state index contributed by atoms with van der Waals surface area (Å²) in [5.41, 5.74) is 6.19. The first-order valence-corrected chi connectivity index (χ1v) is 8.24. The van der Waals surface area contributed by atoms with Crippen LogP contribution in [0.4, 0.5) is 5.82 Å². The summed E-state index contributed by atoms with van der Waals surface area (Å²) in [5, 5.41) is 12.9. The molecule has 2 aromatic carbocycles. The third-order valence-electron chi connectivity index (χ3n) is 4.11. The lowest BCUT2D eigenvalue weighted by Gasteiger charge is -2.15. The molecule has 0 unspecified atom stereocenters. The molecule has 1 heterocycles. The minimum Gasteiger partial charge on any atom is -0.372 e. The van der Waals surface area contributed by atoms with E-state index in [0.29, 0.717) is 5.82 Å². The zero-order valence-corrected chi connectivity index (χ0v) is 15.0. The molecule has 4 nitrogen and oxygen atoms in total. The van der Waals surface area contributed by atoms with Gasteiger partial charge in [-0.25, -0.2) is 9.97 Å². The Morgan fingerprint density at radius 1 is 1.16 bits per heavy atom. The number of aryl methyl sites for hydroxylation is 2. The van der Waals surface area contributed by atoms with Gasteiger partial charge in [-0.1, -0.05) is 24.3 Å². The first-order valence-electron chi connectivity index (χ1n) is 7.87. The van der Waals surface area contributed by atoms with Gasteiger partial charge >= 0.3 is 0 Å². The fourth-order valence-corrected chi connectivity index (χ4v) is 3.34. The predicted molar refractivity (Wildman–Crippen MR) is 104 cm³/mol. The molecule has 0 atom stereocenters. The minimum atomic E-state index is 0.216. The number of nitrogens with zero attached hydrogens (tertiary/aromatic N) is 3. The van der Waals surface area contributed by atoms with Gasteiger partial charge in [0.25, 0.3) is 0 Å². The van der Waals surface area contributed by atoms with Crippen LogP contribution in [0.2, 0.25) is 5.28 Å². The molecule has 0 spiro atoms. The lowest BCUT2D eigenvalue weighted by Crippen LogP contribution is -1.98. The summed E-state index contributed by atoms with van der Waals surface area (Å²) in [7, 11) is 1.82. The largest absolute Gasteiger partial charge is 0.372 e. The molecule has 0 fully saturated rings. The van der Waals surface area contributed by atoms with E-state index in [2.05, 4.69) is 41.3 Å². The van der Waals surface area contributed by atoms with Crippen molar-refractivity contribution in [1.82, 2.24) is 9.97 Å². The molecule has 0 amide bonds.